The molecule has 0 bridgehead atoms. The Hall–Kier alpha value is -1.13. The number of carbonyl (C=O) groups excluding carboxylic acids is 2. The minimum absolute atomic E-state index is 0.108. The van der Waals surface area contributed by atoms with Gasteiger partial charge in [0.25, 0.3) is 0 Å². The van der Waals surface area contributed by atoms with Gasteiger partial charge in [0, 0.05) is 6.54 Å². The molecule has 1 heterocycles. The van der Waals surface area contributed by atoms with Gasteiger partial charge >= 0.3 is 5.97 Å². The number of esters is 1. The van der Waals surface area contributed by atoms with Gasteiger partial charge in [-0.3, -0.25) is 9.59 Å². The number of nitrogens with one attached hydrogen (secondary N) is 1. The average Bonchev–Trinajstić information content (AvgIpc) is 2.58. The molecule has 1 aliphatic carbocycles. The van der Waals surface area contributed by atoms with Crippen molar-refractivity contribution >= 4 is 11.9 Å². The van der Waals surface area contributed by atoms with Crippen LogP contribution in [0.2, 0.25) is 0 Å². The number of ether oxygens (including phenoxy) is 1. The minimum Gasteiger partial charge on any atom is -0.469 e. The van der Waals surface area contributed by atoms with Crippen molar-refractivity contribution in [3.63, 3.8) is 0 Å². The maximum Gasteiger partial charge on any atom is 0.308 e. The van der Waals surface area contributed by atoms with Crippen molar-refractivity contribution in [3.8, 4) is 0 Å². The Kier molecular flexibility index (Phi) is 2.86. The normalized spacial score (nSPS) is 38.5. The topological polar surface area (TPSA) is 55.4 Å². The third-order valence-electron chi connectivity index (χ3n) is 3.69. The summed E-state index contributed by atoms with van der Waals surface area (Å²) < 4.78 is 18.3. The monoisotopic (exact) mass is 229 g/mol. The molecule has 3 atom stereocenters. The smallest absolute Gasteiger partial charge is 0.308 e. The van der Waals surface area contributed by atoms with E-state index >= 15 is 0 Å². The molecule has 90 valence electrons. The highest BCUT2D eigenvalue weighted by Crippen LogP contribution is 2.45. The van der Waals surface area contributed by atoms with E-state index < -0.39 is 23.5 Å². The molecule has 1 unspecified atom stereocenters. The Morgan fingerprint density at radius 1 is 1.56 bits per heavy atom. The summed E-state index contributed by atoms with van der Waals surface area (Å²) in [5, 5.41) is 2.72. The molecule has 1 amide bonds. The number of hydrogen-bond acceptors (Lipinski definition) is 3. The van der Waals surface area contributed by atoms with Gasteiger partial charge in [-0.05, 0) is 25.7 Å². The molecule has 16 heavy (non-hydrogen) atoms. The lowest BCUT2D eigenvalue weighted by Crippen LogP contribution is -2.42. The van der Waals surface area contributed by atoms with Crippen LogP contribution in [-0.4, -0.2) is 31.7 Å². The van der Waals surface area contributed by atoms with Crippen molar-refractivity contribution in [2.75, 3.05) is 13.7 Å². The van der Waals surface area contributed by atoms with Crippen LogP contribution in [0.1, 0.15) is 25.7 Å². The van der Waals surface area contributed by atoms with Crippen molar-refractivity contribution in [1.29, 1.82) is 0 Å². The first-order chi connectivity index (χ1) is 7.57. The second kappa shape index (κ2) is 4.03. The molecule has 2 rings (SSSR count). The Morgan fingerprint density at radius 3 is 2.88 bits per heavy atom. The van der Waals surface area contributed by atoms with Crippen LogP contribution in [0.25, 0.3) is 0 Å². The number of amides is 1. The summed E-state index contributed by atoms with van der Waals surface area (Å²) >= 11 is 0. The Bertz CT molecular complexity index is 320. The summed E-state index contributed by atoms with van der Waals surface area (Å²) in [6, 6.07) is 0. The van der Waals surface area contributed by atoms with Gasteiger partial charge in [-0.2, -0.15) is 0 Å². The molecule has 2 aliphatic rings. The van der Waals surface area contributed by atoms with E-state index in [0.29, 0.717) is 19.4 Å². The number of carbonyl (C=O) groups is 2. The van der Waals surface area contributed by atoms with Gasteiger partial charge in [0.05, 0.1) is 18.4 Å². The second-order valence-electron chi connectivity index (χ2n) is 4.75. The molecule has 2 fully saturated rings. The lowest BCUT2D eigenvalue weighted by atomic mass is 9.68. The summed E-state index contributed by atoms with van der Waals surface area (Å²) in [6.45, 7) is 0.583. The number of rotatable bonds is 1. The quantitative estimate of drug-likeness (QED) is 0.677. The second-order valence-corrected chi connectivity index (χ2v) is 4.75. The SMILES string of the molecule is COC(=O)[C@@H]1CC(F)C[C@]2(CCNC2=O)C1. The molecule has 1 aliphatic heterocycles. The summed E-state index contributed by atoms with van der Waals surface area (Å²) in [5.41, 5.74) is -0.670. The van der Waals surface area contributed by atoms with Crippen LogP contribution < -0.4 is 5.32 Å². The fourth-order valence-corrected chi connectivity index (χ4v) is 2.91. The van der Waals surface area contributed by atoms with Crippen molar-refractivity contribution in [2.24, 2.45) is 11.3 Å². The van der Waals surface area contributed by atoms with E-state index in [9.17, 15) is 14.0 Å². The van der Waals surface area contributed by atoms with Gasteiger partial charge in [-0.1, -0.05) is 0 Å². The highest BCUT2D eigenvalue weighted by molar-refractivity contribution is 5.86. The van der Waals surface area contributed by atoms with E-state index in [0.717, 1.165) is 0 Å². The predicted octanol–water partition coefficient (Wildman–Crippen LogP) is 0.804. The van der Waals surface area contributed by atoms with Crippen molar-refractivity contribution < 1.29 is 18.7 Å². The van der Waals surface area contributed by atoms with Crippen LogP contribution >= 0.6 is 0 Å². The van der Waals surface area contributed by atoms with Crippen LogP contribution in [0.5, 0.6) is 0 Å². The van der Waals surface area contributed by atoms with E-state index in [1.54, 1.807) is 0 Å². The fraction of sp³-hybridized carbons (Fsp3) is 0.818. The highest BCUT2D eigenvalue weighted by atomic mass is 19.1. The predicted molar refractivity (Wildman–Crippen MR) is 54.3 cm³/mol. The van der Waals surface area contributed by atoms with Crippen molar-refractivity contribution in [3.05, 3.63) is 0 Å². The standard InChI is InChI=1S/C11H16FNO3/c1-16-9(14)7-4-8(12)6-11(5-7)2-3-13-10(11)15/h7-8H,2-6H2,1H3,(H,13,15)/t7-,8?,11+/m1/s1. The molecule has 1 N–H and O–H groups in total. The Morgan fingerprint density at radius 2 is 2.31 bits per heavy atom. The number of halogens is 1. The zero-order valence-corrected chi connectivity index (χ0v) is 9.29. The number of hydrogen-bond donors (Lipinski definition) is 1. The first kappa shape index (κ1) is 11.4. The highest BCUT2D eigenvalue weighted by Gasteiger charge is 2.50. The van der Waals surface area contributed by atoms with Crippen molar-refractivity contribution in [2.45, 2.75) is 31.9 Å². The van der Waals surface area contributed by atoms with E-state index in [1.165, 1.54) is 7.11 Å². The molecular weight excluding hydrogens is 213 g/mol. The molecule has 1 saturated carbocycles. The molecule has 0 aromatic carbocycles. The summed E-state index contributed by atoms with van der Waals surface area (Å²) in [5.74, 6) is -0.984. The Balaban J connectivity index is 2.16. The van der Waals surface area contributed by atoms with Gasteiger partial charge in [0.2, 0.25) is 5.91 Å². The zero-order chi connectivity index (χ0) is 11.8. The minimum atomic E-state index is -1.08. The first-order valence-corrected chi connectivity index (χ1v) is 5.57. The van der Waals surface area contributed by atoms with E-state index in [4.69, 9.17) is 0 Å². The molecule has 4 nitrogen and oxygen atoms in total. The first-order valence-electron chi connectivity index (χ1n) is 5.57. The van der Waals surface area contributed by atoms with Gasteiger partial charge in [-0.25, -0.2) is 4.39 Å². The lowest BCUT2D eigenvalue weighted by molar-refractivity contribution is -0.151. The molecule has 1 saturated heterocycles. The van der Waals surface area contributed by atoms with Gasteiger partial charge in [-0.15, -0.1) is 0 Å². The third kappa shape index (κ3) is 1.79. The maximum absolute atomic E-state index is 13.6. The van der Waals surface area contributed by atoms with Crippen LogP contribution in [0.4, 0.5) is 4.39 Å². The van der Waals surface area contributed by atoms with E-state index in [2.05, 4.69) is 10.1 Å². The zero-order valence-electron chi connectivity index (χ0n) is 9.29. The molecule has 0 aromatic heterocycles. The molecular formula is C11H16FNO3. The molecule has 0 aromatic rings. The summed E-state index contributed by atoms with van der Waals surface area (Å²) in [4.78, 5) is 23.2. The summed E-state index contributed by atoms with van der Waals surface area (Å²) in [6.07, 6.45) is 0.390. The van der Waals surface area contributed by atoms with Crippen LogP contribution in [0.15, 0.2) is 0 Å². The summed E-state index contributed by atoms with van der Waals surface area (Å²) in [7, 11) is 1.30. The number of methoxy groups -OCH3 is 1. The fourth-order valence-electron chi connectivity index (χ4n) is 2.91. The van der Waals surface area contributed by atoms with Crippen LogP contribution in [0.3, 0.4) is 0 Å². The van der Waals surface area contributed by atoms with E-state index in [-0.39, 0.29) is 18.7 Å². The maximum atomic E-state index is 13.6. The lowest BCUT2D eigenvalue weighted by Gasteiger charge is -2.36. The Labute approximate surface area is 93.5 Å². The molecule has 0 radical (unpaired) electrons. The third-order valence-corrected chi connectivity index (χ3v) is 3.69. The van der Waals surface area contributed by atoms with Gasteiger partial charge in [0.15, 0.2) is 0 Å². The largest absolute Gasteiger partial charge is 0.469 e. The van der Waals surface area contributed by atoms with E-state index in [1.807, 2.05) is 0 Å². The van der Waals surface area contributed by atoms with Crippen LogP contribution in [-0.2, 0) is 14.3 Å². The number of alkyl halides is 1. The average molecular weight is 229 g/mol. The molecule has 1 spiro atoms. The van der Waals surface area contributed by atoms with Crippen LogP contribution in [0, 0.1) is 11.3 Å². The molecule has 5 heteroatoms. The van der Waals surface area contributed by atoms with Gasteiger partial charge < -0.3 is 10.1 Å². The van der Waals surface area contributed by atoms with Gasteiger partial charge in [0.1, 0.15) is 6.17 Å². The van der Waals surface area contributed by atoms with Crippen molar-refractivity contribution in [1.82, 2.24) is 5.32 Å².